The van der Waals surface area contributed by atoms with Gasteiger partial charge in [-0.15, -0.1) is 0 Å². The van der Waals surface area contributed by atoms with Crippen molar-refractivity contribution in [1.82, 2.24) is 4.31 Å². The van der Waals surface area contributed by atoms with Crippen LogP contribution in [0.25, 0.3) is 0 Å². The van der Waals surface area contributed by atoms with E-state index in [0.717, 1.165) is 50.6 Å². The monoisotopic (exact) mass is 436 g/mol. The zero-order chi connectivity index (χ0) is 21.0. The Bertz CT molecular complexity index is 839. The third-order valence-corrected chi connectivity index (χ3v) is 8.21. The summed E-state index contributed by atoms with van der Waals surface area (Å²) in [5.41, 5.74) is 1.08. The first-order valence-electron chi connectivity index (χ1n) is 11.2. The van der Waals surface area contributed by atoms with Crippen molar-refractivity contribution in [1.29, 1.82) is 0 Å². The van der Waals surface area contributed by atoms with Gasteiger partial charge in [-0.1, -0.05) is 12.8 Å². The molecule has 0 unspecified atom stereocenters. The normalized spacial score (nSPS) is 22.1. The molecule has 30 heavy (non-hydrogen) atoms. The van der Waals surface area contributed by atoms with Gasteiger partial charge in [0.05, 0.1) is 29.4 Å². The molecule has 0 bridgehead atoms. The fourth-order valence-corrected chi connectivity index (χ4v) is 6.12. The minimum Gasteiger partial charge on any atom is -0.459 e. The first-order valence-corrected chi connectivity index (χ1v) is 12.7. The molecule has 0 atom stereocenters. The first-order chi connectivity index (χ1) is 14.6. The fraction of sp³-hybridized carbons (Fsp3) is 0.682. The van der Waals surface area contributed by atoms with Gasteiger partial charge in [-0.3, -0.25) is 0 Å². The average Bonchev–Trinajstić information content (AvgIpc) is 2.80. The van der Waals surface area contributed by atoms with Crippen molar-refractivity contribution in [2.45, 2.75) is 62.4 Å². The predicted octanol–water partition coefficient (Wildman–Crippen LogP) is 3.19. The highest BCUT2D eigenvalue weighted by Crippen LogP contribution is 2.30. The molecule has 2 saturated heterocycles. The summed E-state index contributed by atoms with van der Waals surface area (Å²) in [6.45, 7) is 3.59. The smallest absolute Gasteiger partial charge is 0.340 e. The standard InChI is InChI=1S/C22H32N2O5S/c25-22(29-18-7-3-1-4-8-18)20-17-19(30(26,27)24-11-5-2-6-12-24)9-10-21(20)23-13-15-28-16-14-23/h9-10,17-18H,1-8,11-16H2. The van der Waals surface area contributed by atoms with Crippen molar-refractivity contribution < 1.29 is 22.7 Å². The third kappa shape index (κ3) is 4.81. The average molecular weight is 437 g/mol. The number of carbonyl (C=O) groups excluding carboxylic acids is 1. The van der Waals surface area contributed by atoms with Gasteiger partial charge < -0.3 is 14.4 Å². The van der Waals surface area contributed by atoms with Gasteiger partial charge in [0, 0.05) is 26.2 Å². The number of piperidine rings is 1. The van der Waals surface area contributed by atoms with Gasteiger partial charge in [0.2, 0.25) is 10.0 Å². The lowest BCUT2D eigenvalue weighted by Crippen LogP contribution is -2.38. The highest BCUT2D eigenvalue weighted by Gasteiger charge is 2.30. The van der Waals surface area contributed by atoms with Crippen LogP contribution in [0.1, 0.15) is 61.7 Å². The predicted molar refractivity (Wildman–Crippen MR) is 114 cm³/mol. The highest BCUT2D eigenvalue weighted by molar-refractivity contribution is 7.89. The van der Waals surface area contributed by atoms with E-state index in [4.69, 9.17) is 9.47 Å². The lowest BCUT2D eigenvalue weighted by molar-refractivity contribution is 0.0211. The molecule has 1 saturated carbocycles. The molecular formula is C22H32N2O5S. The molecule has 4 rings (SSSR count). The van der Waals surface area contributed by atoms with Gasteiger partial charge in [0.25, 0.3) is 0 Å². The Labute approximate surface area is 179 Å². The maximum Gasteiger partial charge on any atom is 0.340 e. The molecular weight excluding hydrogens is 404 g/mol. The molecule has 3 fully saturated rings. The summed E-state index contributed by atoms with van der Waals surface area (Å²) in [6, 6.07) is 4.92. The summed E-state index contributed by atoms with van der Waals surface area (Å²) in [4.78, 5) is 15.4. The van der Waals surface area contributed by atoms with E-state index in [0.29, 0.717) is 45.0 Å². The summed E-state index contributed by atoms with van der Waals surface area (Å²) < 4.78 is 39.2. The van der Waals surface area contributed by atoms with Crippen LogP contribution >= 0.6 is 0 Å². The second-order valence-electron chi connectivity index (χ2n) is 8.41. The molecule has 166 valence electrons. The Morgan fingerprint density at radius 1 is 0.933 bits per heavy atom. The van der Waals surface area contributed by atoms with Crippen molar-refractivity contribution >= 4 is 21.7 Å². The zero-order valence-corrected chi connectivity index (χ0v) is 18.4. The SMILES string of the molecule is O=C(OC1CCCCC1)c1cc(S(=O)(=O)N2CCCCC2)ccc1N1CCOCC1. The highest BCUT2D eigenvalue weighted by atomic mass is 32.2. The van der Waals surface area contributed by atoms with Gasteiger partial charge in [0.1, 0.15) is 6.10 Å². The molecule has 1 aliphatic carbocycles. The van der Waals surface area contributed by atoms with E-state index in [1.807, 2.05) is 0 Å². The van der Waals surface area contributed by atoms with E-state index >= 15 is 0 Å². The number of rotatable bonds is 5. The topological polar surface area (TPSA) is 76.2 Å². The van der Waals surface area contributed by atoms with Crippen LogP contribution < -0.4 is 4.90 Å². The number of nitrogens with zero attached hydrogens (tertiary/aromatic N) is 2. The maximum absolute atomic E-state index is 13.2. The number of carbonyl (C=O) groups is 1. The second kappa shape index (κ2) is 9.66. The number of esters is 1. The van der Waals surface area contributed by atoms with Gasteiger partial charge in [-0.05, 0) is 56.7 Å². The van der Waals surface area contributed by atoms with Crippen LogP contribution in [0.4, 0.5) is 5.69 Å². The largest absolute Gasteiger partial charge is 0.459 e. The van der Waals surface area contributed by atoms with Crippen molar-refractivity contribution in [3.63, 3.8) is 0 Å². The second-order valence-corrected chi connectivity index (χ2v) is 10.3. The van der Waals surface area contributed by atoms with Crippen molar-refractivity contribution in [2.75, 3.05) is 44.3 Å². The van der Waals surface area contributed by atoms with Crippen LogP contribution in [0, 0.1) is 0 Å². The Hall–Kier alpha value is -1.64. The quantitative estimate of drug-likeness (QED) is 0.660. The summed E-state index contributed by atoms with van der Waals surface area (Å²) in [7, 11) is -3.62. The molecule has 3 aliphatic rings. The number of hydrogen-bond acceptors (Lipinski definition) is 6. The van der Waals surface area contributed by atoms with Crippen molar-refractivity contribution in [3.8, 4) is 0 Å². The number of hydrogen-bond donors (Lipinski definition) is 0. The first kappa shape index (κ1) is 21.6. The van der Waals surface area contributed by atoms with Gasteiger partial charge in [-0.2, -0.15) is 4.31 Å². The van der Waals surface area contributed by atoms with Gasteiger partial charge in [-0.25, -0.2) is 13.2 Å². The van der Waals surface area contributed by atoms with E-state index in [1.165, 1.54) is 16.8 Å². The zero-order valence-electron chi connectivity index (χ0n) is 17.6. The van der Waals surface area contributed by atoms with E-state index in [9.17, 15) is 13.2 Å². The molecule has 0 N–H and O–H groups in total. The van der Waals surface area contributed by atoms with E-state index in [2.05, 4.69) is 4.90 Å². The minimum absolute atomic E-state index is 0.0776. The van der Waals surface area contributed by atoms with Gasteiger partial charge >= 0.3 is 5.97 Å². The molecule has 2 heterocycles. The Balaban J connectivity index is 1.64. The summed E-state index contributed by atoms with van der Waals surface area (Å²) >= 11 is 0. The summed E-state index contributed by atoms with van der Waals surface area (Å²) in [6.07, 6.45) is 7.80. The number of sulfonamides is 1. The number of anilines is 1. The van der Waals surface area contributed by atoms with Gasteiger partial charge in [0.15, 0.2) is 0 Å². The molecule has 2 aliphatic heterocycles. The maximum atomic E-state index is 13.2. The number of benzene rings is 1. The molecule has 1 aromatic carbocycles. The number of ether oxygens (including phenoxy) is 2. The van der Waals surface area contributed by atoms with E-state index < -0.39 is 16.0 Å². The molecule has 0 amide bonds. The van der Waals surface area contributed by atoms with Crippen LogP contribution in [0.3, 0.4) is 0 Å². The van der Waals surface area contributed by atoms with Crippen LogP contribution in [0.15, 0.2) is 23.1 Å². The lowest BCUT2D eigenvalue weighted by atomic mass is 9.98. The lowest BCUT2D eigenvalue weighted by Gasteiger charge is -2.31. The van der Waals surface area contributed by atoms with Crippen molar-refractivity contribution in [2.24, 2.45) is 0 Å². The van der Waals surface area contributed by atoms with Crippen LogP contribution in [0.5, 0.6) is 0 Å². The summed E-state index contributed by atoms with van der Waals surface area (Å²) in [5, 5.41) is 0. The molecule has 1 aromatic rings. The molecule has 0 spiro atoms. The third-order valence-electron chi connectivity index (χ3n) is 6.32. The minimum atomic E-state index is -3.62. The Kier molecular flexibility index (Phi) is 6.95. The van der Waals surface area contributed by atoms with E-state index in [-0.39, 0.29) is 11.0 Å². The fourth-order valence-electron chi connectivity index (χ4n) is 4.57. The molecule has 0 radical (unpaired) electrons. The van der Waals surface area contributed by atoms with Crippen LogP contribution in [0.2, 0.25) is 0 Å². The molecule has 8 heteroatoms. The molecule has 0 aromatic heterocycles. The van der Waals surface area contributed by atoms with Crippen LogP contribution in [-0.2, 0) is 19.5 Å². The Morgan fingerprint density at radius 3 is 2.30 bits per heavy atom. The van der Waals surface area contributed by atoms with Crippen molar-refractivity contribution in [3.05, 3.63) is 23.8 Å². The Morgan fingerprint density at radius 2 is 1.60 bits per heavy atom. The van der Waals surface area contributed by atoms with E-state index in [1.54, 1.807) is 12.1 Å². The molecule has 7 nitrogen and oxygen atoms in total. The number of morpholine rings is 1. The summed E-state index contributed by atoms with van der Waals surface area (Å²) in [5.74, 6) is -0.418. The van der Waals surface area contributed by atoms with Crippen LogP contribution in [-0.4, -0.2) is 64.2 Å².